The van der Waals surface area contributed by atoms with E-state index in [0.717, 1.165) is 70.8 Å². The second kappa shape index (κ2) is 15.2. The highest BCUT2D eigenvalue weighted by Crippen LogP contribution is 2.32. The average Bonchev–Trinajstić information content (AvgIpc) is 3.40. The molecule has 6 rings (SSSR count). The lowest BCUT2D eigenvalue weighted by Gasteiger charge is -2.32. The molecule has 2 heterocycles. The Morgan fingerprint density at radius 3 is 2.40 bits per heavy atom. The van der Waals surface area contributed by atoms with Crippen molar-refractivity contribution in [2.45, 2.75) is 58.8 Å². The summed E-state index contributed by atoms with van der Waals surface area (Å²) in [6.07, 6.45) is 2.82. The van der Waals surface area contributed by atoms with E-state index in [4.69, 9.17) is 22.1 Å². The summed E-state index contributed by atoms with van der Waals surface area (Å²) < 4.78 is 8.68. The molecule has 0 atom stereocenters. The number of rotatable bonds is 13. The van der Waals surface area contributed by atoms with Crippen molar-refractivity contribution in [3.63, 3.8) is 0 Å². The highest BCUT2D eigenvalue weighted by molar-refractivity contribution is 6.32. The number of hydrogen-bond acceptors (Lipinski definition) is 5. The molecule has 0 unspecified atom stereocenters. The molecule has 0 saturated carbocycles. The minimum absolute atomic E-state index is 0.0915. The van der Waals surface area contributed by atoms with E-state index < -0.39 is 0 Å². The Morgan fingerprint density at radius 2 is 1.68 bits per heavy atom. The van der Waals surface area contributed by atoms with Crippen LogP contribution in [0.25, 0.3) is 21.8 Å². The standard InChI is InChI=1S/C39H46ClN5O2/c1-3-43(26-28-9-6-5-7-10-28)20-8-19-42-39(46)30-12-16-38(35(40)24-30)47-32-17-21-44(22-18-32)27-29-11-14-36-33(23-29)34-25-31(41)13-15-37(34)45(36)4-2/h5-7,9-16,23-25,32H,3-4,8,17-22,26-27,41H2,1-2H3,(H,42,46). The third-order valence-corrected chi connectivity index (χ3v) is 9.63. The fourth-order valence-electron chi connectivity index (χ4n) is 6.77. The Labute approximate surface area is 283 Å². The van der Waals surface area contributed by atoms with E-state index >= 15 is 0 Å². The van der Waals surface area contributed by atoms with Crippen LogP contribution in [-0.2, 0) is 19.6 Å². The summed E-state index contributed by atoms with van der Waals surface area (Å²) in [5.74, 6) is 0.525. The summed E-state index contributed by atoms with van der Waals surface area (Å²) in [7, 11) is 0. The SMILES string of the molecule is CCN(CCCNC(=O)c1ccc(OC2CCN(Cc3ccc4c(c3)c3cc(N)ccc3n4CC)CC2)c(Cl)c1)Cc1ccccc1. The maximum Gasteiger partial charge on any atom is 0.251 e. The van der Waals surface area contributed by atoms with Gasteiger partial charge in [-0.2, -0.15) is 0 Å². The first-order chi connectivity index (χ1) is 22.9. The fourth-order valence-corrected chi connectivity index (χ4v) is 6.99. The van der Waals surface area contributed by atoms with Gasteiger partial charge in [-0.25, -0.2) is 0 Å². The quantitative estimate of drug-likeness (QED) is 0.101. The van der Waals surface area contributed by atoms with Crippen molar-refractivity contribution in [1.82, 2.24) is 19.7 Å². The van der Waals surface area contributed by atoms with E-state index in [1.807, 2.05) is 18.2 Å². The number of carbonyl (C=O) groups excluding carboxylic acids is 1. The number of piperidine rings is 1. The number of fused-ring (bicyclic) bond motifs is 3. The third-order valence-electron chi connectivity index (χ3n) is 9.33. The Morgan fingerprint density at radius 1 is 0.936 bits per heavy atom. The van der Waals surface area contributed by atoms with Crippen LogP contribution in [0.1, 0.15) is 54.6 Å². The lowest BCUT2D eigenvalue weighted by atomic mass is 10.0. The number of nitrogens with one attached hydrogen (secondary N) is 1. The van der Waals surface area contributed by atoms with Crippen LogP contribution < -0.4 is 15.8 Å². The number of aromatic nitrogens is 1. The van der Waals surface area contributed by atoms with Gasteiger partial charge in [0.25, 0.3) is 5.91 Å². The van der Waals surface area contributed by atoms with E-state index in [1.165, 1.54) is 32.9 Å². The largest absolute Gasteiger partial charge is 0.489 e. The van der Waals surface area contributed by atoms with Crippen LogP contribution in [0.3, 0.4) is 0 Å². The summed E-state index contributed by atoms with van der Waals surface area (Å²) >= 11 is 6.61. The van der Waals surface area contributed by atoms with Gasteiger partial charge in [0.1, 0.15) is 11.9 Å². The van der Waals surface area contributed by atoms with Gasteiger partial charge in [-0.1, -0.05) is 54.9 Å². The van der Waals surface area contributed by atoms with Crippen molar-refractivity contribution in [1.29, 1.82) is 0 Å². The van der Waals surface area contributed by atoms with Crippen LogP contribution in [0.5, 0.6) is 5.75 Å². The van der Waals surface area contributed by atoms with Gasteiger partial charge in [0.2, 0.25) is 0 Å². The van der Waals surface area contributed by atoms with Crippen LogP contribution in [0.2, 0.25) is 5.02 Å². The van der Waals surface area contributed by atoms with Gasteiger partial charge < -0.3 is 20.4 Å². The zero-order valence-electron chi connectivity index (χ0n) is 27.6. The van der Waals surface area contributed by atoms with E-state index in [1.54, 1.807) is 12.1 Å². The molecule has 1 saturated heterocycles. The molecule has 1 aliphatic rings. The second-order valence-corrected chi connectivity index (χ2v) is 13.0. The second-order valence-electron chi connectivity index (χ2n) is 12.6. The minimum Gasteiger partial charge on any atom is -0.489 e. The summed E-state index contributed by atoms with van der Waals surface area (Å²) in [5.41, 5.74) is 12.6. The molecule has 0 radical (unpaired) electrons. The van der Waals surface area contributed by atoms with Crippen LogP contribution in [-0.4, -0.2) is 59.1 Å². The Balaban J connectivity index is 0.968. The van der Waals surface area contributed by atoms with Gasteiger partial charge in [-0.15, -0.1) is 0 Å². The molecule has 0 aliphatic carbocycles. The first-order valence-electron chi connectivity index (χ1n) is 16.9. The molecule has 1 aromatic heterocycles. The molecule has 4 aromatic carbocycles. The van der Waals surface area contributed by atoms with Crippen molar-refractivity contribution in [3.05, 3.63) is 107 Å². The molecule has 1 amide bonds. The van der Waals surface area contributed by atoms with Gasteiger partial charge in [-0.05, 0) is 92.4 Å². The number of hydrogen-bond donors (Lipinski definition) is 2. The number of anilines is 1. The smallest absolute Gasteiger partial charge is 0.251 e. The lowest BCUT2D eigenvalue weighted by Crippen LogP contribution is -2.37. The van der Waals surface area contributed by atoms with Crippen molar-refractivity contribution in [2.75, 3.05) is 38.5 Å². The van der Waals surface area contributed by atoms with Crippen molar-refractivity contribution < 1.29 is 9.53 Å². The first-order valence-corrected chi connectivity index (χ1v) is 17.3. The summed E-state index contributed by atoms with van der Waals surface area (Å²) in [6, 6.07) is 28.9. The molecule has 8 heteroatoms. The third kappa shape index (κ3) is 7.92. The monoisotopic (exact) mass is 651 g/mol. The van der Waals surface area contributed by atoms with Gasteiger partial charge >= 0.3 is 0 Å². The normalized spacial score (nSPS) is 14.3. The number of amides is 1. The molecule has 5 aromatic rings. The molecule has 1 aliphatic heterocycles. The molecule has 0 bridgehead atoms. The summed E-state index contributed by atoms with van der Waals surface area (Å²) in [4.78, 5) is 17.7. The zero-order chi connectivity index (χ0) is 32.8. The fraction of sp³-hybridized carbons (Fsp3) is 0.359. The Hall–Kier alpha value is -4.04. The average molecular weight is 652 g/mol. The predicted molar refractivity (Wildman–Crippen MR) is 194 cm³/mol. The molecular formula is C39H46ClN5O2. The molecule has 246 valence electrons. The molecule has 3 N–H and O–H groups in total. The molecule has 47 heavy (non-hydrogen) atoms. The van der Waals surface area contributed by atoms with Crippen LogP contribution in [0.4, 0.5) is 5.69 Å². The first kappa shape index (κ1) is 32.9. The number of nitrogens with zero attached hydrogens (tertiary/aromatic N) is 3. The highest BCUT2D eigenvalue weighted by Gasteiger charge is 2.22. The minimum atomic E-state index is -0.112. The van der Waals surface area contributed by atoms with Crippen molar-refractivity contribution in [3.8, 4) is 5.75 Å². The molecule has 0 spiro atoms. The number of carbonyl (C=O) groups is 1. The number of benzene rings is 4. The number of aryl methyl sites for hydroxylation is 1. The zero-order valence-corrected chi connectivity index (χ0v) is 28.3. The van der Waals surface area contributed by atoms with Gasteiger partial charge in [-0.3, -0.25) is 14.6 Å². The van der Waals surface area contributed by atoms with E-state index in [-0.39, 0.29) is 12.0 Å². The number of ether oxygens (including phenoxy) is 1. The predicted octanol–water partition coefficient (Wildman–Crippen LogP) is 7.74. The van der Waals surface area contributed by atoms with Gasteiger partial charge in [0.05, 0.1) is 5.02 Å². The van der Waals surface area contributed by atoms with Gasteiger partial charge in [0.15, 0.2) is 0 Å². The number of likely N-dealkylation sites (tertiary alicyclic amines) is 1. The topological polar surface area (TPSA) is 75.8 Å². The van der Waals surface area contributed by atoms with Crippen LogP contribution in [0.15, 0.2) is 84.9 Å². The molecule has 1 fully saturated rings. The van der Waals surface area contributed by atoms with E-state index in [0.29, 0.717) is 22.9 Å². The lowest BCUT2D eigenvalue weighted by molar-refractivity contribution is 0.0949. The number of nitrogens with two attached hydrogens (primary N) is 1. The van der Waals surface area contributed by atoms with Crippen molar-refractivity contribution in [2.24, 2.45) is 0 Å². The van der Waals surface area contributed by atoms with E-state index in [2.05, 4.69) is 88.1 Å². The Kier molecular flexibility index (Phi) is 10.7. The molecular weight excluding hydrogens is 606 g/mol. The van der Waals surface area contributed by atoms with Crippen LogP contribution >= 0.6 is 11.6 Å². The van der Waals surface area contributed by atoms with Crippen LogP contribution in [0, 0.1) is 0 Å². The Bertz CT molecular complexity index is 1810. The summed E-state index contributed by atoms with van der Waals surface area (Å²) in [6.45, 7) is 11.5. The highest BCUT2D eigenvalue weighted by atomic mass is 35.5. The number of nitrogen functional groups attached to an aromatic ring is 1. The maximum atomic E-state index is 12.8. The van der Waals surface area contributed by atoms with E-state index in [9.17, 15) is 4.79 Å². The van der Waals surface area contributed by atoms with Crippen molar-refractivity contribution >= 4 is 45.0 Å². The molecule has 7 nitrogen and oxygen atoms in total. The van der Waals surface area contributed by atoms with Gasteiger partial charge in [0, 0.05) is 78.9 Å². The maximum absolute atomic E-state index is 12.8. The number of halogens is 1. The summed E-state index contributed by atoms with van der Waals surface area (Å²) in [5, 5.41) is 5.99.